The van der Waals surface area contributed by atoms with Crippen LogP contribution < -0.4 is 10.1 Å². The van der Waals surface area contributed by atoms with Crippen LogP contribution >= 0.6 is 15.9 Å². The predicted octanol–water partition coefficient (Wildman–Crippen LogP) is 3.12. The Morgan fingerprint density at radius 2 is 2.06 bits per heavy atom. The van der Waals surface area contributed by atoms with Crippen molar-refractivity contribution in [1.29, 1.82) is 0 Å². The number of benzene rings is 2. The van der Waals surface area contributed by atoms with E-state index < -0.39 is 0 Å². The number of nitrogens with one attached hydrogen (secondary N) is 1. The van der Waals surface area contributed by atoms with Gasteiger partial charge < -0.3 is 10.1 Å². The van der Waals surface area contributed by atoms with Gasteiger partial charge in [-0.15, -0.1) is 0 Å². The van der Waals surface area contributed by atoms with Crippen molar-refractivity contribution in [2.24, 2.45) is 0 Å². The maximum absolute atomic E-state index is 11.3. The molecule has 18 heavy (non-hydrogen) atoms. The van der Waals surface area contributed by atoms with Crippen LogP contribution in [-0.4, -0.2) is 19.1 Å². The Balaban J connectivity index is 2.19. The van der Waals surface area contributed by atoms with Gasteiger partial charge in [0.1, 0.15) is 5.75 Å². The van der Waals surface area contributed by atoms with Crippen molar-refractivity contribution in [1.82, 2.24) is 5.32 Å². The number of carbonyl (C=O) groups excluding carboxylic acids is 1. The highest BCUT2D eigenvalue weighted by Crippen LogP contribution is 2.32. The molecule has 0 fully saturated rings. The first-order valence-electron chi connectivity index (χ1n) is 5.79. The molecule has 0 heterocycles. The van der Waals surface area contributed by atoms with E-state index in [4.69, 9.17) is 4.74 Å². The van der Waals surface area contributed by atoms with E-state index in [-0.39, 0.29) is 12.5 Å². The highest BCUT2D eigenvalue weighted by Gasteiger charge is 2.07. The van der Waals surface area contributed by atoms with Gasteiger partial charge in [-0.25, -0.2) is 0 Å². The van der Waals surface area contributed by atoms with Gasteiger partial charge in [-0.05, 0) is 39.7 Å². The first-order valence-corrected chi connectivity index (χ1v) is 6.58. The predicted molar refractivity (Wildman–Crippen MR) is 75.8 cm³/mol. The van der Waals surface area contributed by atoms with Gasteiger partial charge in [-0.3, -0.25) is 4.79 Å². The molecule has 3 nitrogen and oxygen atoms in total. The Kier molecular flexibility index (Phi) is 4.20. The van der Waals surface area contributed by atoms with Crippen molar-refractivity contribution in [3.63, 3.8) is 0 Å². The average molecular weight is 308 g/mol. The fourth-order valence-corrected chi connectivity index (χ4v) is 2.32. The lowest BCUT2D eigenvalue weighted by Gasteiger charge is -2.10. The summed E-state index contributed by atoms with van der Waals surface area (Å²) in [5.41, 5.74) is 0. The molecule has 0 aromatic heterocycles. The number of likely N-dealkylation sites (N-methyl/N-ethyl adjacent to an activating group) is 1. The lowest BCUT2D eigenvalue weighted by molar-refractivity contribution is -0.122. The van der Waals surface area contributed by atoms with E-state index in [1.807, 2.05) is 43.3 Å². The van der Waals surface area contributed by atoms with Crippen LogP contribution in [0.25, 0.3) is 10.8 Å². The van der Waals surface area contributed by atoms with E-state index in [9.17, 15) is 4.79 Å². The molecule has 1 N–H and O–H groups in total. The molecule has 2 aromatic carbocycles. The SMILES string of the molecule is CCNC(=O)COc1ccc2ccccc2c1Br. The number of halogens is 1. The van der Waals surface area contributed by atoms with Crippen LogP contribution in [0.5, 0.6) is 5.75 Å². The number of amides is 1. The summed E-state index contributed by atoms with van der Waals surface area (Å²) in [6, 6.07) is 11.9. The van der Waals surface area contributed by atoms with Crippen LogP contribution in [0.15, 0.2) is 40.9 Å². The van der Waals surface area contributed by atoms with Crippen LogP contribution in [0.1, 0.15) is 6.92 Å². The molecule has 2 rings (SSSR count). The van der Waals surface area contributed by atoms with Crippen molar-refractivity contribution in [3.8, 4) is 5.75 Å². The molecule has 0 unspecified atom stereocenters. The summed E-state index contributed by atoms with van der Waals surface area (Å²) in [5, 5.41) is 4.90. The summed E-state index contributed by atoms with van der Waals surface area (Å²) in [6.07, 6.45) is 0. The Morgan fingerprint density at radius 3 is 2.83 bits per heavy atom. The lowest BCUT2D eigenvalue weighted by atomic mass is 10.1. The average Bonchev–Trinajstić information content (AvgIpc) is 2.39. The van der Waals surface area contributed by atoms with E-state index >= 15 is 0 Å². The zero-order valence-electron chi connectivity index (χ0n) is 10.1. The van der Waals surface area contributed by atoms with Gasteiger partial charge in [0, 0.05) is 6.54 Å². The third-order valence-electron chi connectivity index (χ3n) is 2.56. The van der Waals surface area contributed by atoms with Crippen molar-refractivity contribution >= 4 is 32.6 Å². The third-order valence-corrected chi connectivity index (χ3v) is 3.38. The molecule has 0 aliphatic rings. The molecule has 0 aliphatic heterocycles. The largest absolute Gasteiger partial charge is 0.483 e. The van der Waals surface area contributed by atoms with Gasteiger partial charge in [0.2, 0.25) is 0 Å². The summed E-state index contributed by atoms with van der Waals surface area (Å²) < 4.78 is 6.38. The number of hydrogen-bond donors (Lipinski definition) is 1. The van der Waals surface area contributed by atoms with Crippen molar-refractivity contribution in [2.45, 2.75) is 6.92 Å². The first-order chi connectivity index (χ1) is 8.72. The summed E-state index contributed by atoms with van der Waals surface area (Å²) in [7, 11) is 0. The Labute approximate surface area is 114 Å². The molecule has 94 valence electrons. The lowest BCUT2D eigenvalue weighted by Crippen LogP contribution is -2.28. The second-order valence-electron chi connectivity index (χ2n) is 3.84. The Hall–Kier alpha value is -1.55. The van der Waals surface area contributed by atoms with Gasteiger partial charge in [-0.1, -0.05) is 30.3 Å². The van der Waals surface area contributed by atoms with Gasteiger partial charge in [0.25, 0.3) is 5.91 Å². The number of ether oxygens (including phenoxy) is 1. The minimum Gasteiger partial charge on any atom is -0.483 e. The third kappa shape index (κ3) is 2.82. The number of rotatable bonds is 4. The minimum absolute atomic E-state index is 0.0325. The molecular weight excluding hydrogens is 294 g/mol. The fraction of sp³-hybridized carbons (Fsp3) is 0.214. The van der Waals surface area contributed by atoms with Gasteiger partial charge >= 0.3 is 0 Å². The van der Waals surface area contributed by atoms with Crippen LogP contribution in [0.3, 0.4) is 0 Å². The Bertz CT molecular complexity index is 569. The van der Waals surface area contributed by atoms with Crippen LogP contribution in [0, 0.1) is 0 Å². The number of fused-ring (bicyclic) bond motifs is 1. The highest BCUT2D eigenvalue weighted by molar-refractivity contribution is 9.10. The van der Waals surface area contributed by atoms with Gasteiger partial charge in [-0.2, -0.15) is 0 Å². The maximum atomic E-state index is 11.3. The molecule has 0 bridgehead atoms. The zero-order valence-corrected chi connectivity index (χ0v) is 11.7. The molecule has 0 radical (unpaired) electrons. The summed E-state index contributed by atoms with van der Waals surface area (Å²) in [4.78, 5) is 11.3. The van der Waals surface area contributed by atoms with Gasteiger partial charge in [0.15, 0.2) is 6.61 Å². The maximum Gasteiger partial charge on any atom is 0.257 e. The Morgan fingerprint density at radius 1 is 1.28 bits per heavy atom. The molecule has 0 atom stereocenters. The van der Waals surface area contributed by atoms with E-state index in [1.54, 1.807) is 0 Å². The molecule has 1 amide bonds. The smallest absolute Gasteiger partial charge is 0.257 e. The van der Waals surface area contributed by atoms with Crippen molar-refractivity contribution < 1.29 is 9.53 Å². The fourth-order valence-electron chi connectivity index (χ4n) is 1.72. The van der Waals surface area contributed by atoms with Gasteiger partial charge in [0.05, 0.1) is 4.47 Å². The normalized spacial score (nSPS) is 10.3. The number of carbonyl (C=O) groups is 1. The molecule has 0 aliphatic carbocycles. The van der Waals surface area contributed by atoms with E-state index in [0.29, 0.717) is 12.3 Å². The van der Waals surface area contributed by atoms with E-state index in [1.165, 1.54) is 0 Å². The van der Waals surface area contributed by atoms with E-state index in [2.05, 4.69) is 21.2 Å². The standard InChI is InChI=1S/C14H14BrNO2/c1-2-16-13(17)9-18-12-8-7-10-5-3-4-6-11(10)14(12)15/h3-8H,2,9H2,1H3,(H,16,17). The second-order valence-corrected chi connectivity index (χ2v) is 4.63. The van der Waals surface area contributed by atoms with Crippen molar-refractivity contribution in [3.05, 3.63) is 40.9 Å². The minimum atomic E-state index is -0.113. The quantitative estimate of drug-likeness (QED) is 0.942. The van der Waals surface area contributed by atoms with E-state index in [0.717, 1.165) is 15.2 Å². The van der Waals surface area contributed by atoms with Crippen molar-refractivity contribution in [2.75, 3.05) is 13.2 Å². The molecular formula is C14H14BrNO2. The van der Waals surface area contributed by atoms with Crippen LogP contribution in [-0.2, 0) is 4.79 Å². The second kappa shape index (κ2) is 5.87. The summed E-state index contributed by atoms with van der Waals surface area (Å²) in [5.74, 6) is 0.567. The monoisotopic (exact) mass is 307 g/mol. The number of hydrogen-bond acceptors (Lipinski definition) is 2. The highest BCUT2D eigenvalue weighted by atomic mass is 79.9. The molecule has 2 aromatic rings. The van der Waals surface area contributed by atoms with Crippen LogP contribution in [0.4, 0.5) is 0 Å². The van der Waals surface area contributed by atoms with Crippen LogP contribution in [0.2, 0.25) is 0 Å². The zero-order chi connectivity index (χ0) is 13.0. The molecule has 0 spiro atoms. The summed E-state index contributed by atoms with van der Waals surface area (Å²) >= 11 is 3.51. The molecule has 0 saturated carbocycles. The molecule has 4 heteroatoms. The first kappa shape index (κ1) is 12.9. The molecule has 0 saturated heterocycles. The summed E-state index contributed by atoms with van der Waals surface area (Å²) in [6.45, 7) is 2.52. The topological polar surface area (TPSA) is 38.3 Å².